The molecule has 0 atom stereocenters. The third-order valence-corrected chi connectivity index (χ3v) is 12.6. The molecule has 0 amide bonds. The van der Waals surface area contributed by atoms with Gasteiger partial charge in [-0.1, -0.05) is 119 Å². The van der Waals surface area contributed by atoms with E-state index in [0.29, 0.717) is 0 Å². The molecule has 0 spiro atoms. The van der Waals surface area contributed by atoms with Gasteiger partial charge in [0, 0.05) is 43.7 Å². The fourth-order valence-electron chi connectivity index (χ4n) is 9.98. The number of aromatic nitrogens is 2. The molecule has 264 valence electrons. The van der Waals surface area contributed by atoms with Crippen molar-refractivity contribution in [2.24, 2.45) is 0 Å². The van der Waals surface area contributed by atoms with Crippen LogP contribution in [0.4, 0.5) is 0 Å². The summed E-state index contributed by atoms with van der Waals surface area (Å²) in [5, 5.41) is 5.14. The minimum absolute atomic E-state index is 0.0503. The van der Waals surface area contributed by atoms with Crippen LogP contribution in [0.15, 0.2) is 164 Å². The van der Waals surface area contributed by atoms with Crippen molar-refractivity contribution < 1.29 is 0 Å². The van der Waals surface area contributed by atoms with Gasteiger partial charge in [-0.05, 0) is 130 Å². The molecule has 0 bridgehead atoms. The molecule has 2 aliphatic carbocycles. The molecule has 0 N–H and O–H groups in total. The number of para-hydroxylation sites is 2. The zero-order chi connectivity index (χ0) is 37.2. The van der Waals surface area contributed by atoms with Gasteiger partial charge < -0.3 is 9.13 Å². The Labute approximate surface area is 322 Å². The van der Waals surface area contributed by atoms with Gasteiger partial charge >= 0.3 is 0 Å². The van der Waals surface area contributed by atoms with Gasteiger partial charge in [0.2, 0.25) is 0 Å². The summed E-state index contributed by atoms with van der Waals surface area (Å²) in [5.41, 5.74) is 19.1. The van der Waals surface area contributed by atoms with Gasteiger partial charge in [-0.25, -0.2) is 0 Å². The maximum atomic E-state index is 2.49. The van der Waals surface area contributed by atoms with Gasteiger partial charge in [-0.2, -0.15) is 0 Å². The van der Waals surface area contributed by atoms with Crippen LogP contribution in [-0.2, 0) is 10.8 Å². The molecule has 55 heavy (non-hydrogen) atoms. The molecule has 2 nitrogen and oxygen atoms in total. The number of benzene rings is 7. The van der Waals surface area contributed by atoms with Crippen LogP contribution in [0, 0.1) is 0 Å². The Morgan fingerprint density at radius 2 is 0.945 bits per heavy atom. The summed E-state index contributed by atoms with van der Waals surface area (Å²) in [5.74, 6) is 0. The van der Waals surface area contributed by atoms with Gasteiger partial charge in [0.25, 0.3) is 0 Å². The Hall–Kier alpha value is -6.38. The fraction of sp³-hybridized carbons (Fsp3) is 0.132. The summed E-state index contributed by atoms with van der Waals surface area (Å²) < 4.78 is 4.90. The van der Waals surface area contributed by atoms with Gasteiger partial charge in [-0.3, -0.25) is 0 Å². The summed E-state index contributed by atoms with van der Waals surface area (Å²) >= 11 is 0. The van der Waals surface area contributed by atoms with Crippen molar-refractivity contribution in [3.8, 4) is 33.6 Å². The molecule has 11 rings (SSSR count). The zero-order valence-corrected chi connectivity index (χ0v) is 32.0. The SMILES string of the molecule is C/C=C\C1=CC(C)(C)c2cc3c4cc(-c5ccc6c(c5)c5cc7c(cc5n6-c5ccccc5)-c5ccccc5C7(C)C)ccc4n(-c4ccccc4)c3cc21. The van der Waals surface area contributed by atoms with Crippen molar-refractivity contribution in [2.75, 3.05) is 0 Å². The first-order chi connectivity index (χ1) is 26.7. The predicted molar refractivity (Wildman–Crippen MR) is 234 cm³/mol. The molecule has 2 aliphatic rings. The van der Waals surface area contributed by atoms with Crippen molar-refractivity contribution in [3.63, 3.8) is 0 Å². The van der Waals surface area contributed by atoms with Crippen LogP contribution in [0.3, 0.4) is 0 Å². The van der Waals surface area contributed by atoms with Crippen molar-refractivity contribution in [3.05, 3.63) is 186 Å². The lowest BCUT2D eigenvalue weighted by atomic mass is 9.82. The van der Waals surface area contributed by atoms with Crippen LogP contribution in [0.5, 0.6) is 0 Å². The van der Waals surface area contributed by atoms with Crippen LogP contribution in [0.1, 0.15) is 56.9 Å². The van der Waals surface area contributed by atoms with Crippen LogP contribution in [0.2, 0.25) is 0 Å². The Bertz CT molecular complexity index is 3130. The number of hydrogen-bond donors (Lipinski definition) is 0. The summed E-state index contributed by atoms with van der Waals surface area (Å²) in [4.78, 5) is 0. The first-order valence-electron chi connectivity index (χ1n) is 19.6. The second kappa shape index (κ2) is 11.3. The van der Waals surface area contributed by atoms with Gasteiger partial charge in [-0.15, -0.1) is 0 Å². The van der Waals surface area contributed by atoms with Crippen molar-refractivity contribution >= 4 is 49.2 Å². The molecule has 0 saturated carbocycles. The lowest BCUT2D eigenvalue weighted by Gasteiger charge is -2.21. The highest BCUT2D eigenvalue weighted by atomic mass is 15.0. The van der Waals surface area contributed by atoms with E-state index in [1.807, 2.05) is 0 Å². The maximum absolute atomic E-state index is 2.49. The van der Waals surface area contributed by atoms with Crippen LogP contribution in [0.25, 0.3) is 82.8 Å². The largest absolute Gasteiger partial charge is 0.309 e. The van der Waals surface area contributed by atoms with E-state index in [9.17, 15) is 0 Å². The molecule has 2 aromatic heterocycles. The number of fused-ring (bicyclic) bond motifs is 10. The van der Waals surface area contributed by atoms with Gasteiger partial charge in [0.15, 0.2) is 0 Å². The highest BCUT2D eigenvalue weighted by Gasteiger charge is 2.36. The Balaban J connectivity index is 1.16. The molecule has 0 radical (unpaired) electrons. The van der Waals surface area contributed by atoms with Crippen molar-refractivity contribution in [1.82, 2.24) is 9.13 Å². The molecule has 0 fully saturated rings. The molecular formula is C53H42N2. The summed E-state index contributed by atoms with van der Waals surface area (Å²) in [7, 11) is 0. The molecule has 0 aliphatic heterocycles. The lowest BCUT2D eigenvalue weighted by Crippen LogP contribution is -2.14. The highest BCUT2D eigenvalue weighted by Crippen LogP contribution is 2.51. The molecule has 0 unspecified atom stereocenters. The van der Waals surface area contributed by atoms with Crippen LogP contribution >= 0.6 is 0 Å². The van der Waals surface area contributed by atoms with Gasteiger partial charge in [0.05, 0.1) is 22.1 Å². The third-order valence-electron chi connectivity index (χ3n) is 12.6. The standard InChI is InChI=1S/C53H42N2/c1-6-15-35-32-52(2,3)46-28-43-41-26-33(22-24-48(41)54(50(43)30-39(35)46)36-16-9-7-10-17-36)34-23-25-49-42(27-34)44-29-47-40(38-20-13-14-21-45(38)53(47,4)5)31-51(44)55(49)37-18-11-8-12-19-37/h6-32H,1-5H3/b15-6-. The van der Waals surface area contributed by atoms with Crippen molar-refractivity contribution in [1.29, 1.82) is 0 Å². The molecule has 7 aromatic carbocycles. The monoisotopic (exact) mass is 706 g/mol. The van der Waals surface area contributed by atoms with E-state index < -0.39 is 0 Å². The van der Waals surface area contributed by atoms with E-state index in [1.165, 1.54) is 105 Å². The highest BCUT2D eigenvalue weighted by molar-refractivity contribution is 6.14. The average molecular weight is 707 g/mol. The molecule has 2 heteroatoms. The van der Waals surface area contributed by atoms with Crippen LogP contribution in [-0.4, -0.2) is 9.13 Å². The van der Waals surface area contributed by atoms with Crippen LogP contribution < -0.4 is 0 Å². The topological polar surface area (TPSA) is 9.86 Å². The van der Waals surface area contributed by atoms with E-state index in [1.54, 1.807) is 0 Å². The third kappa shape index (κ3) is 4.49. The predicted octanol–water partition coefficient (Wildman–Crippen LogP) is 14.1. The van der Waals surface area contributed by atoms with E-state index in [0.717, 1.165) is 0 Å². The number of nitrogens with zero attached hydrogens (tertiary/aromatic N) is 2. The fourth-order valence-corrected chi connectivity index (χ4v) is 9.98. The van der Waals surface area contributed by atoms with E-state index in [2.05, 4.69) is 208 Å². The molecule has 9 aromatic rings. The smallest absolute Gasteiger partial charge is 0.0547 e. The summed E-state index contributed by atoms with van der Waals surface area (Å²) in [6.45, 7) is 11.5. The summed E-state index contributed by atoms with van der Waals surface area (Å²) in [6, 6.07) is 54.6. The minimum atomic E-state index is -0.0746. The molecular weight excluding hydrogens is 665 g/mol. The second-order valence-corrected chi connectivity index (χ2v) is 16.6. The Kier molecular flexibility index (Phi) is 6.60. The first-order valence-corrected chi connectivity index (χ1v) is 19.6. The first kappa shape index (κ1) is 32.1. The van der Waals surface area contributed by atoms with E-state index >= 15 is 0 Å². The maximum Gasteiger partial charge on any atom is 0.0547 e. The quantitative estimate of drug-likeness (QED) is 0.172. The van der Waals surface area contributed by atoms with E-state index in [-0.39, 0.29) is 10.8 Å². The Morgan fingerprint density at radius 3 is 1.53 bits per heavy atom. The molecule has 2 heterocycles. The summed E-state index contributed by atoms with van der Waals surface area (Å²) in [6.07, 6.45) is 6.83. The molecule has 0 saturated heterocycles. The average Bonchev–Trinajstić information content (AvgIpc) is 3.86. The number of rotatable bonds is 4. The zero-order valence-electron chi connectivity index (χ0n) is 32.0. The normalized spacial score (nSPS) is 15.3. The number of allylic oxidation sites excluding steroid dienone is 4. The Morgan fingerprint density at radius 1 is 0.436 bits per heavy atom. The second-order valence-electron chi connectivity index (χ2n) is 16.6. The number of hydrogen-bond acceptors (Lipinski definition) is 0. The van der Waals surface area contributed by atoms with E-state index in [4.69, 9.17) is 0 Å². The minimum Gasteiger partial charge on any atom is -0.309 e. The van der Waals surface area contributed by atoms with Crippen molar-refractivity contribution in [2.45, 2.75) is 45.4 Å². The van der Waals surface area contributed by atoms with Gasteiger partial charge in [0.1, 0.15) is 0 Å². The lowest BCUT2D eigenvalue weighted by molar-refractivity contribution is 0.661.